The molecule has 1 fully saturated rings. The predicted molar refractivity (Wildman–Crippen MR) is 42.8 cm³/mol. The Labute approximate surface area is 69.2 Å². The van der Waals surface area contributed by atoms with Crippen molar-refractivity contribution in [1.82, 2.24) is 20.0 Å². The van der Waals surface area contributed by atoms with Crippen LogP contribution in [-0.4, -0.2) is 20.0 Å². The van der Waals surface area contributed by atoms with Crippen LogP contribution in [0.3, 0.4) is 0 Å². The Hall–Kier alpha value is -1.45. The van der Waals surface area contributed by atoms with E-state index in [1.54, 1.807) is 4.52 Å². The molecule has 0 bridgehead atoms. The van der Waals surface area contributed by atoms with Gasteiger partial charge in [-0.2, -0.15) is 0 Å². The first-order chi connectivity index (χ1) is 5.93. The van der Waals surface area contributed by atoms with Gasteiger partial charge in [-0.15, -0.1) is 5.10 Å². The summed E-state index contributed by atoms with van der Waals surface area (Å²) in [5, 5.41) is 11.3. The van der Waals surface area contributed by atoms with E-state index >= 15 is 0 Å². The first-order valence-corrected chi connectivity index (χ1v) is 4.11. The van der Waals surface area contributed by atoms with E-state index in [0.717, 1.165) is 11.6 Å². The fourth-order valence-corrected chi connectivity index (χ4v) is 1.43. The fourth-order valence-electron chi connectivity index (χ4n) is 1.43. The molecule has 2 heterocycles. The van der Waals surface area contributed by atoms with Crippen molar-refractivity contribution < 1.29 is 0 Å². The molecule has 0 radical (unpaired) electrons. The van der Waals surface area contributed by atoms with Gasteiger partial charge in [0.15, 0.2) is 5.65 Å². The van der Waals surface area contributed by atoms with E-state index in [-0.39, 0.29) is 0 Å². The maximum absolute atomic E-state index is 3.89. The molecule has 0 atom stereocenters. The van der Waals surface area contributed by atoms with Crippen molar-refractivity contribution in [3.05, 3.63) is 23.9 Å². The van der Waals surface area contributed by atoms with Gasteiger partial charge in [-0.05, 0) is 46.9 Å². The van der Waals surface area contributed by atoms with E-state index in [2.05, 4.69) is 27.7 Å². The van der Waals surface area contributed by atoms with Gasteiger partial charge in [-0.25, -0.2) is 4.52 Å². The molecule has 0 spiro atoms. The quantitative estimate of drug-likeness (QED) is 0.625. The normalized spacial score (nSPS) is 17.0. The zero-order chi connectivity index (χ0) is 7.97. The van der Waals surface area contributed by atoms with Gasteiger partial charge in [-0.1, -0.05) is 0 Å². The van der Waals surface area contributed by atoms with Crippen LogP contribution in [0.15, 0.2) is 18.3 Å². The average Bonchev–Trinajstić information content (AvgIpc) is 2.84. The van der Waals surface area contributed by atoms with Crippen LogP contribution in [0.25, 0.3) is 5.65 Å². The lowest BCUT2D eigenvalue weighted by Crippen LogP contribution is -1.88. The van der Waals surface area contributed by atoms with Crippen molar-refractivity contribution in [2.24, 2.45) is 0 Å². The predicted octanol–water partition coefficient (Wildman–Crippen LogP) is 1.00. The Morgan fingerprint density at radius 2 is 2.33 bits per heavy atom. The summed E-state index contributed by atoms with van der Waals surface area (Å²) in [5.41, 5.74) is 2.22. The van der Waals surface area contributed by atoms with E-state index in [1.165, 1.54) is 18.4 Å². The fraction of sp³-hybridized carbons (Fsp3) is 0.375. The van der Waals surface area contributed by atoms with Crippen LogP contribution in [0.5, 0.6) is 0 Å². The number of hydrogen-bond donors (Lipinski definition) is 0. The number of hydrogen-bond acceptors (Lipinski definition) is 3. The van der Waals surface area contributed by atoms with Crippen molar-refractivity contribution in [3.8, 4) is 0 Å². The van der Waals surface area contributed by atoms with Crippen LogP contribution in [0.1, 0.15) is 24.3 Å². The Morgan fingerprint density at radius 3 is 3.17 bits per heavy atom. The topological polar surface area (TPSA) is 43.1 Å². The Kier molecular flexibility index (Phi) is 1.03. The smallest absolute Gasteiger partial charge is 0.179 e. The Balaban J connectivity index is 2.21. The molecule has 0 saturated heterocycles. The summed E-state index contributed by atoms with van der Waals surface area (Å²) in [4.78, 5) is 0. The average molecular weight is 160 g/mol. The summed E-state index contributed by atoms with van der Waals surface area (Å²) in [7, 11) is 0. The molecule has 2 aromatic rings. The molecule has 4 nitrogen and oxygen atoms in total. The molecule has 60 valence electrons. The summed E-state index contributed by atoms with van der Waals surface area (Å²) in [5.74, 6) is 0.770. The number of tetrazole rings is 1. The summed E-state index contributed by atoms with van der Waals surface area (Å²) < 4.78 is 1.69. The third-order valence-electron chi connectivity index (χ3n) is 2.27. The summed E-state index contributed by atoms with van der Waals surface area (Å²) >= 11 is 0. The maximum Gasteiger partial charge on any atom is 0.179 e. The van der Waals surface area contributed by atoms with Crippen molar-refractivity contribution in [3.63, 3.8) is 0 Å². The maximum atomic E-state index is 3.89. The lowest BCUT2D eigenvalue weighted by atomic mass is 10.2. The zero-order valence-corrected chi connectivity index (χ0v) is 6.51. The molecule has 0 amide bonds. The minimum atomic E-state index is 0.770. The van der Waals surface area contributed by atoms with Crippen molar-refractivity contribution in [1.29, 1.82) is 0 Å². The van der Waals surface area contributed by atoms with Crippen molar-refractivity contribution in [2.75, 3.05) is 0 Å². The number of rotatable bonds is 1. The first kappa shape index (κ1) is 6.11. The second-order valence-electron chi connectivity index (χ2n) is 3.22. The van der Waals surface area contributed by atoms with Gasteiger partial charge in [0.05, 0.1) is 0 Å². The molecule has 2 aromatic heterocycles. The molecule has 3 rings (SSSR count). The minimum absolute atomic E-state index is 0.770. The third-order valence-corrected chi connectivity index (χ3v) is 2.27. The van der Waals surface area contributed by atoms with E-state index in [9.17, 15) is 0 Å². The molecular weight excluding hydrogens is 152 g/mol. The molecule has 0 unspecified atom stereocenters. The van der Waals surface area contributed by atoms with Crippen LogP contribution in [0.4, 0.5) is 0 Å². The van der Waals surface area contributed by atoms with Crippen molar-refractivity contribution >= 4 is 5.65 Å². The molecule has 0 N–H and O–H groups in total. The molecule has 1 aliphatic carbocycles. The second-order valence-corrected chi connectivity index (χ2v) is 3.22. The van der Waals surface area contributed by atoms with E-state index < -0.39 is 0 Å². The molecular formula is C8H8N4. The van der Waals surface area contributed by atoms with E-state index in [1.807, 2.05) is 6.20 Å². The summed E-state index contributed by atoms with van der Waals surface area (Å²) in [6, 6.07) is 4.17. The number of fused-ring (bicyclic) bond motifs is 1. The first-order valence-electron chi connectivity index (χ1n) is 4.11. The Morgan fingerprint density at radius 1 is 1.42 bits per heavy atom. The molecule has 0 aliphatic heterocycles. The van der Waals surface area contributed by atoms with Crippen LogP contribution < -0.4 is 0 Å². The van der Waals surface area contributed by atoms with Gasteiger partial charge in [0, 0.05) is 6.20 Å². The van der Waals surface area contributed by atoms with Crippen LogP contribution in [0.2, 0.25) is 0 Å². The zero-order valence-electron chi connectivity index (χ0n) is 6.51. The molecule has 1 aliphatic rings. The molecule has 1 saturated carbocycles. The molecule has 12 heavy (non-hydrogen) atoms. The van der Waals surface area contributed by atoms with Gasteiger partial charge in [-0.3, -0.25) is 0 Å². The van der Waals surface area contributed by atoms with Gasteiger partial charge in [0.2, 0.25) is 0 Å². The molecule has 0 aromatic carbocycles. The van der Waals surface area contributed by atoms with Crippen LogP contribution in [0, 0.1) is 0 Å². The lowest BCUT2D eigenvalue weighted by molar-refractivity contribution is 0.822. The Bertz CT molecular complexity index is 416. The van der Waals surface area contributed by atoms with Gasteiger partial charge >= 0.3 is 0 Å². The van der Waals surface area contributed by atoms with Gasteiger partial charge in [0.25, 0.3) is 0 Å². The molecule has 4 heteroatoms. The van der Waals surface area contributed by atoms with E-state index in [4.69, 9.17) is 0 Å². The van der Waals surface area contributed by atoms with Crippen molar-refractivity contribution in [2.45, 2.75) is 18.8 Å². The van der Waals surface area contributed by atoms with Gasteiger partial charge < -0.3 is 0 Å². The highest BCUT2D eigenvalue weighted by molar-refractivity contribution is 5.40. The number of nitrogens with zero attached hydrogens (tertiary/aromatic N) is 4. The largest absolute Gasteiger partial charge is 0.201 e. The summed E-state index contributed by atoms with van der Waals surface area (Å²) in [6.07, 6.45) is 4.55. The number of pyridine rings is 1. The monoisotopic (exact) mass is 160 g/mol. The third kappa shape index (κ3) is 0.809. The number of aromatic nitrogens is 4. The second kappa shape index (κ2) is 2.03. The highest BCUT2D eigenvalue weighted by atomic mass is 15.5. The van der Waals surface area contributed by atoms with Gasteiger partial charge in [0.1, 0.15) is 0 Å². The van der Waals surface area contributed by atoms with Crippen LogP contribution >= 0.6 is 0 Å². The van der Waals surface area contributed by atoms with Crippen LogP contribution in [-0.2, 0) is 0 Å². The lowest BCUT2D eigenvalue weighted by Gasteiger charge is -1.95. The standard InChI is InChI=1S/C8H8N4/c1-2-6(1)7-3-4-12-8(5-7)9-10-11-12/h3-6H,1-2H2. The SMILES string of the molecule is c1cn2nnnc2cc1C1CC1. The summed E-state index contributed by atoms with van der Waals surface area (Å²) in [6.45, 7) is 0. The minimum Gasteiger partial charge on any atom is -0.201 e. The van der Waals surface area contributed by atoms with E-state index in [0.29, 0.717) is 0 Å². The highest BCUT2D eigenvalue weighted by Gasteiger charge is 2.23. The highest BCUT2D eigenvalue weighted by Crippen LogP contribution is 2.39.